The summed E-state index contributed by atoms with van der Waals surface area (Å²) in [5, 5.41) is 12.8. The normalized spacial score (nSPS) is 10.7. The summed E-state index contributed by atoms with van der Waals surface area (Å²) in [5.41, 5.74) is 1.71. The van der Waals surface area contributed by atoms with Crippen molar-refractivity contribution in [1.82, 2.24) is 9.61 Å². The van der Waals surface area contributed by atoms with E-state index in [0.29, 0.717) is 4.47 Å². The number of fused-ring (bicyclic) bond motifs is 1. The van der Waals surface area contributed by atoms with Crippen LogP contribution in [0, 0.1) is 6.92 Å². The van der Waals surface area contributed by atoms with Crippen molar-refractivity contribution in [1.29, 1.82) is 0 Å². The van der Waals surface area contributed by atoms with E-state index < -0.39 is 5.97 Å². The summed E-state index contributed by atoms with van der Waals surface area (Å²) in [7, 11) is 0. The van der Waals surface area contributed by atoms with Crippen LogP contribution in [0.5, 0.6) is 0 Å². The highest BCUT2D eigenvalue weighted by molar-refractivity contribution is 9.10. The lowest BCUT2D eigenvalue weighted by molar-refractivity contribution is 0.0689. The van der Waals surface area contributed by atoms with Crippen LogP contribution in [-0.2, 0) is 0 Å². The molecule has 5 heteroatoms. The highest BCUT2D eigenvalue weighted by Crippen LogP contribution is 2.23. The van der Waals surface area contributed by atoms with Gasteiger partial charge in [0.05, 0.1) is 9.99 Å². The fourth-order valence-electron chi connectivity index (χ4n) is 1.31. The zero-order valence-electron chi connectivity index (χ0n) is 7.36. The molecule has 4 nitrogen and oxygen atoms in total. The number of aromatic carboxylic acids is 1. The number of pyridine rings is 1. The Hall–Kier alpha value is -1.36. The molecule has 0 aliphatic heterocycles. The van der Waals surface area contributed by atoms with E-state index in [2.05, 4.69) is 21.0 Å². The summed E-state index contributed by atoms with van der Waals surface area (Å²) in [6.07, 6.45) is 0. The molecule has 0 unspecified atom stereocenters. The van der Waals surface area contributed by atoms with E-state index in [-0.39, 0.29) is 5.69 Å². The number of halogens is 1. The number of hydrogen-bond acceptors (Lipinski definition) is 2. The maximum atomic E-state index is 10.8. The maximum Gasteiger partial charge on any atom is 0.357 e. The topological polar surface area (TPSA) is 54.6 Å². The first-order valence-electron chi connectivity index (χ1n) is 3.98. The van der Waals surface area contributed by atoms with Gasteiger partial charge in [0.25, 0.3) is 0 Å². The van der Waals surface area contributed by atoms with Crippen molar-refractivity contribution in [3.63, 3.8) is 0 Å². The van der Waals surface area contributed by atoms with Gasteiger partial charge in [-0.15, -0.1) is 0 Å². The van der Waals surface area contributed by atoms with Crippen LogP contribution < -0.4 is 0 Å². The van der Waals surface area contributed by atoms with E-state index in [0.717, 1.165) is 11.2 Å². The van der Waals surface area contributed by atoms with Gasteiger partial charge in [-0.2, -0.15) is 5.10 Å². The monoisotopic (exact) mass is 254 g/mol. The predicted octanol–water partition coefficient (Wildman–Crippen LogP) is 2.10. The molecule has 0 saturated carbocycles. The Kier molecular flexibility index (Phi) is 2.03. The van der Waals surface area contributed by atoms with E-state index in [1.807, 2.05) is 25.1 Å². The minimum Gasteiger partial charge on any atom is -0.476 e. The molecule has 2 aromatic rings. The molecule has 0 bridgehead atoms. The second-order valence-corrected chi connectivity index (χ2v) is 3.72. The molecule has 2 aromatic heterocycles. The Balaban J connectivity index is 2.86. The third-order valence-electron chi connectivity index (χ3n) is 1.99. The molecule has 1 N–H and O–H groups in total. The summed E-state index contributed by atoms with van der Waals surface area (Å²) in [4.78, 5) is 10.8. The quantitative estimate of drug-likeness (QED) is 0.848. The van der Waals surface area contributed by atoms with Gasteiger partial charge in [0.15, 0.2) is 5.69 Å². The highest BCUT2D eigenvalue weighted by Gasteiger charge is 2.16. The zero-order valence-corrected chi connectivity index (χ0v) is 8.95. The number of aryl methyl sites for hydroxylation is 1. The fourth-order valence-corrected chi connectivity index (χ4v) is 1.86. The Morgan fingerprint density at radius 1 is 1.57 bits per heavy atom. The number of carboxylic acid groups (broad SMARTS) is 1. The Bertz CT molecular complexity index is 519. The SMILES string of the molecule is Cc1cccc2c(Br)c(C(=O)O)nn12. The Morgan fingerprint density at radius 3 is 2.86 bits per heavy atom. The van der Waals surface area contributed by atoms with Gasteiger partial charge in [0, 0.05) is 5.69 Å². The third-order valence-corrected chi connectivity index (χ3v) is 2.77. The van der Waals surface area contributed by atoms with Crippen molar-refractivity contribution in [3.05, 3.63) is 34.1 Å². The van der Waals surface area contributed by atoms with Crippen molar-refractivity contribution in [2.24, 2.45) is 0 Å². The lowest BCUT2D eigenvalue weighted by atomic mass is 10.3. The molecule has 2 heterocycles. The molecule has 0 saturated heterocycles. The summed E-state index contributed by atoms with van der Waals surface area (Å²) in [5.74, 6) is -1.03. The van der Waals surface area contributed by atoms with E-state index in [1.54, 1.807) is 4.52 Å². The molecular weight excluding hydrogens is 248 g/mol. The summed E-state index contributed by atoms with van der Waals surface area (Å²) in [6.45, 7) is 1.87. The van der Waals surface area contributed by atoms with Crippen molar-refractivity contribution >= 4 is 27.4 Å². The molecule has 72 valence electrons. The number of aromatic nitrogens is 2. The van der Waals surface area contributed by atoms with Crippen LogP contribution >= 0.6 is 15.9 Å². The highest BCUT2D eigenvalue weighted by atomic mass is 79.9. The first-order chi connectivity index (χ1) is 6.61. The lowest BCUT2D eigenvalue weighted by Gasteiger charge is -1.96. The minimum atomic E-state index is -1.03. The van der Waals surface area contributed by atoms with Gasteiger partial charge in [-0.25, -0.2) is 9.31 Å². The van der Waals surface area contributed by atoms with Crippen molar-refractivity contribution in [2.75, 3.05) is 0 Å². The molecule has 2 rings (SSSR count). The van der Waals surface area contributed by atoms with Gasteiger partial charge in [-0.1, -0.05) is 6.07 Å². The number of hydrogen-bond donors (Lipinski definition) is 1. The first-order valence-corrected chi connectivity index (χ1v) is 4.77. The van der Waals surface area contributed by atoms with Gasteiger partial charge in [0.2, 0.25) is 0 Å². The first kappa shape index (κ1) is 9.21. The smallest absolute Gasteiger partial charge is 0.357 e. The number of nitrogens with zero attached hydrogens (tertiary/aromatic N) is 2. The van der Waals surface area contributed by atoms with Crippen LogP contribution in [0.3, 0.4) is 0 Å². The number of carbonyl (C=O) groups is 1. The van der Waals surface area contributed by atoms with Gasteiger partial charge in [0.1, 0.15) is 0 Å². The molecule has 0 aromatic carbocycles. The molecule has 0 spiro atoms. The van der Waals surface area contributed by atoms with Crippen LogP contribution in [0.15, 0.2) is 22.7 Å². The summed E-state index contributed by atoms with van der Waals surface area (Å²) in [6, 6.07) is 5.55. The molecule has 0 fully saturated rings. The summed E-state index contributed by atoms with van der Waals surface area (Å²) >= 11 is 3.22. The van der Waals surface area contributed by atoms with Crippen LogP contribution in [-0.4, -0.2) is 20.7 Å². The van der Waals surface area contributed by atoms with E-state index in [4.69, 9.17) is 5.11 Å². The van der Waals surface area contributed by atoms with Gasteiger partial charge in [-0.3, -0.25) is 0 Å². The van der Waals surface area contributed by atoms with Crippen LogP contribution in [0.25, 0.3) is 5.52 Å². The van der Waals surface area contributed by atoms with Crippen LogP contribution in [0.1, 0.15) is 16.2 Å². The Labute approximate surface area is 88.3 Å². The molecule has 0 amide bonds. The molecule has 14 heavy (non-hydrogen) atoms. The lowest BCUT2D eigenvalue weighted by Crippen LogP contribution is -1.99. The van der Waals surface area contributed by atoms with Gasteiger partial charge in [-0.05, 0) is 35.0 Å². The predicted molar refractivity (Wildman–Crippen MR) is 54.6 cm³/mol. The largest absolute Gasteiger partial charge is 0.476 e. The fraction of sp³-hybridized carbons (Fsp3) is 0.111. The van der Waals surface area contributed by atoms with E-state index in [1.165, 1.54) is 0 Å². The van der Waals surface area contributed by atoms with Crippen LogP contribution in [0.2, 0.25) is 0 Å². The van der Waals surface area contributed by atoms with Gasteiger partial charge < -0.3 is 5.11 Å². The van der Waals surface area contributed by atoms with E-state index >= 15 is 0 Å². The number of carboxylic acids is 1. The third kappa shape index (κ3) is 1.21. The second kappa shape index (κ2) is 3.09. The zero-order chi connectivity index (χ0) is 10.3. The summed E-state index contributed by atoms with van der Waals surface area (Å²) < 4.78 is 2.13. The molecule has 0 aliphatic carbocycles. The molecule has 0 atom stereocenters. The average molecular weight is 255 g/mol. The molecule has 0 aliphatic rings. The van der Waals surface area contributed by atoms with Crippen molar-refractivity contribution in [3.8, 4) is 0 Å². The van der Waals surface area contributed by atoms with Crippen LogP contribution in [0.4, 0.5) is 0 Å². The molecule has 0 radical (unpaired) electrons. The standard InChI is InChI=1S/C9H7BrN2O2/c1-5-3-2-4-6-7(10)8(9(13)14)11-12(5)6/h2-4H,1H3,(H,13,14). The van der Waals surface area contributed by atoms with Crippen molar-refractivity contribution < 1.29 is 9.90 Å². The minimum absolute atomic E-state index is 0.0410. The number of rotatable bonds is 1. The molecular formula is C9H7BrN2O2. The van der Waals surface area contributed by atoms with Crippen molar-refractivity contribution in [2.45, 2.75) is 6.92 Å². The average Bonchev–Trinajstić information content (AvgIpc) is 2.46. The Morgan fingerprint density at radius 2 is 2.29 bits per heavy atom. The maximum absolute atomic E-state index is 10.8. The second-order valence-electron chi connectivity index (χ2n) is 2.93. The van der Waals surface area contributed by atoms with E-state index in [9.17, 15) is 4.79 Å². The van der Waals surface area contributed by atoms with Gasteiger partial charge >= 0.3 is 5.97 Å².